The molecule has 2 heteroatoms. The van der Waals surface area contributed by atoms with Crippen molar-refractivity contribution in [2.45, 2.75) is 25.7 Å². The molecular weight excluding hydrogens is 126 g/mol. The second-order valence-corrected chi connectivity index (χ2v) is 3.17. The van der Waals surface area contributed by atoms with E-state index in [-0.39, 0.29) is 11.3 Å². The van der Waals surface area contributed by atoms with E-state index in [1.54, 1.807) is 6.20 Å². The highest BCUT2D eigenvalue weighted by atomic mass is 16.2. The van der Waals surface area contributed by atoms with Crippen molar-refractivity contribution >= 4 is 5.91 Å². The van der Waals surface area contributed by atoms with Gasteiger partial charge < -0.3 is 5.32 Å². The van der Waals surface area contributed by atoms with Crippen molar-refractivity contribution in [1.82, 2.24) is 5.32 Å². The number of carbonyl (C=O) groups excluding carboxylic acids is 1. The average Bonchev–Trinajstić information content (AvgIpc) is 2.48. The molecule has 0 aromatic carbocycles. The van der Waals surface area contributed by atoms with Crippen molar-refractivity contribution in [3.8, 4) is 0 Å². The van der Waals surface area contributed by atoms with Crippen molar-refractivity contribution in [2.75, 3.05) is 0 Å². The Hall–Kier alpha value is -0.790. The Balaban J connectivity index is 2.27. The van der Waals surface area contributed by atoms with Gasteiger partial charge in [0, 0.05) is 6.20 Å². The highest BCUT2D eigenvalue weighted by Gasteiger charge is 2.40. The van der Waals surface area contributed by atoms with Gasteiger partial charge in [-0.3, -0.25) is 4.79 Å². The summed E-state index contributed by atoms with van der Waals surface area (Å²) < 4.78 is 0. The van der Waals surface area contributed by atoms with Gasteiger partial charge in [0.2, 0.25) is 5.91 Å². The molecule has 10 heavy (non-hydrogen) atoms. The van der Waals surface area contributed by atoms with Crippen LogP contribution in [-0.4, -0.2) is 5.91 Å². The first-order chi connectivity index (χ1) is 4.83. The van der Waals surface area contributed by atoms with Gasteiger partial charge in [-0.15, -0.1) is 0 Å². The van der Waals surface area contributed by atoms with Gasteiger partial charge in [0.05, 0.1) is 5.41 Å². The fraction of sp³-hybridized carbons (Fsp3) is 0.625. The molecule has 1 aliphatic heterocycles. The van der Waals surface area contributed by atoms with Gasteiger partial charge in [0.25, 0.3) is 0 Å². The third-order valence-corrected chi connectivity index (χ3v) is 2.56. The zero-order valence-electron chi connectivity index (χ0n) is 5.89. The Bertz CT molecular complexity index is 189. The Kier molecular flexibility index (Phi) is 1.10. The minimum Gasteiger partial charge on any atom is -0.332 e. The van der Waals surface area contributed by atoms with Crippen LogP contribution in [0.5, 0.6) is 0 Å². The zero-order valence-corrected chi connectivity index (χ0v) is 5.89. The topological polar surface area (TPSA) is 29.1 Å². The molecule has 0 saturated heterocycles. The van der Waals surface area contributed by atoms with E-state index < -0.39 is 0 Å². The summed E-state index contributed by atoms with van der Waals surface area (Å²) in [7, 11) is 0. The summed E-state index contributed by atoms with van der Waals surface area (Å²) in [5, 5.41) is 2.73. The largest absolute Gasteiger partial charge is 0.332 e. The van der Waals surface area contributed by atoms with Gasteiger partial charge in [0.15, 0.2) is 0 Å². The van der Waals surface area contributed by atoms with Crippen molar-refractivity contribution < 1.29 is 4.79 Å². The lowest BCUT2D eigenvalue weighted by atomic mass is 9.87. The molecule has 0 unspecified atom stereocenters. The van der Waals surface area contributed by atoms with Crippen molar-refractivity contribution in [1.29, 1.82) is 0 Å². The maximum atomic E-state index is 11.2. The molecule has 1 amide bonds. The average molecular weight is 137 g/mol. The molecule has 1 aliphatic carbocycles. The van der Waals surface area contributed by atoms with Gasteiger partial charge in [-0.2, -0.15) is 0 Å². The fourth-order valence-electron chi connectivity index (χ4n) is 1.90. The number of nitrogens with one attached hydrogen (secondary N) is 1. The second kappa shape index (κ2) is 1.84. The lowest BCUT2D eigenvalue weighted by molar-refractivity contribution is -0.126. The lowest BCUT2D eigenvalue weighted by Gasteiger charge is -2.15. The quantitative estimate of drug-likeness (QED) is 0.534. The molecule has 0 bridgehead atoms. The van der Waals surface area contributed by atoms with Crippen LogP contribution in [0.15, 0.2) is 12.3 Å². The Morgan fingerprint density at radius 3 is 2.60 bits per heavy atom. The van der Waals surface area contributed by atoms with E-state index in [1.165, 1.54) is 12.8 Å². The van der Waals surface area contributed by atoms with Crippen molar-refractivity contribution in [2.24, 2.45) is 5.41 Å². The number of rotatable bonds is 0. The first-order valence-electron chi connectivity index (χ1n) is 3.82. The van der Waals surface area contributed by atoms with E-state index in [0.717, 1.165) is 12.8 Å². The Morgan fingerprint density at radius 2 is 2.10 bits per heavy atom. The summed E-state index contributed by atoms with van der Waals surface area (Å²) in [6.45, 7) is 0. The van der Waals surface area contributed by atoms with Crippen LogP contribution in [0.3, 0.4) is 0 Å². The standard InChI is InChI=1S/C8H11NO/c10-7-8(5-6-9-7)3-1-2-4-8/h5-6H,1-4H2,(H,9,10). The Labute approximate surface area is 60.3 Å². The molecule has 2 rings (SSSR count). The van der Waals surface area contributed by atoms with E-state index in [9.17, 15) is 4.79 Å². The Morgan fingerprint density at radius 1 is 1.40 bits per heavy atom. The minimum atomic E-state index is -0.0833. The van der Waals surface area contributed by atoms with Crippen LogP contribution in [-0.2, 0) is 4.79 Å². The molecular formula is C8H11NO. The lowest BCUT2D eigenvalue weighted by Crippen LogP contribution is -2.28. The molecule has 0 aromatic rings. The van der Waals surface area contributed by atoms with Crippen LogP contribution in [0.4, 0.5) is 0 Å². The van der Waals surface area contributed by atoms with Crippen molar-refractivity contribution in [3.63, 3.8) is 0 Å². The highest BCUT2D eigenvalue weighted by Crippen LogP contribution is 2.41. The maximum Gasteiger partial charge on any atom is 0.234 e. The monoisotopic (exact) mass is 137 g/mol. The van der Waals surface area contributed by atoms with Crippen LogP contribution < -0.4 is 5.32 Å². The normalized spacial score (nSPS) is 27.8. The summed E-state index contributed by atoms with van der Waals surface area (Å²) in [6.07, 6.45) is 8.33. The molecule has 1 saturated carbocycles. The number of carbonyl (C=O) groups is 1. The third kappa shape index (κ3) is 0.618. The number of hydrogen-bond acceptors (Lipinski definition) is 1. The first-order valence-corrected chi connectivity index (χ1v) is 3.82. The van der Waals surface area contributed by atoms with Gasteiger partial charge in [-0.25, -0.2) is 0 Å². The van der Waals surface area contributed by atoms with Crippen LogP contribution in [0.2, 0.25) is 0 Å². The van der Waals surface area contributed by atoms with Crippen LogP contribution in [0, 0.1) is 5.41 Å². The van der Waals surface area contributed by atoms with E-state index in [0.29, 0.717) is 0 Å². The maximum absolute atomic E-state index is 11.2. The predicted molar refractivity (Wildman–Crippen MR) is 38.2 cm³/mol. The van der Waals surface area contributed by atoms with Gasteiger partial charge in [0.1, 0.15) is 0 Å². The van der Waals surface area contributed by atoms with E-state index in [4.69, 9.17) is 0 Å². The number of hydrogen-bond donors (Lipinski definition) is 1. The molecule has 2 aliphatic rings. The smallest absolute Gasteiger partial charge is 0.234 e. The fourth-order valence-corrected chi connectivity index (χ4v) is 1.90. The van der Waals surface area contributed by atoms with Gasteiger partial charge >= 0.3 is 0 Å². The molecule has 54 valence electrons. The highest BCUT2D eigenvalue weighted by molar-refractivity contribution is 5.88. The molecule has 1 N–H and O–H groups in total. The molecule has 2 nitrogen and oxygen atoms in total. The van der Waals surface area contributed by atoms with E-state index in [2.05, 4.69) is 5.32 Å². The summed E-state index contributed by atoms with van der Waals surface area (Å²) in [5.74, 6) is 0.213. The molecule has 0 atom stereocenters. The molecule has 0 aromatic heterocycles. The van der Waals surface area contributed by atoms with Crippen LogP contribution >= 0.6 is 0 Å². The summed E-state index contributed by atoms with van der Waals surface area (Å²) >= 11 is 0. The molecule has 1 fully saturated rings. The zero-order chi connectivity index (χ0) is 7.03. The molecule has 1 spiro atoms. The van der Waals surface area contributed by atoms with Gasteiger partial charge in [-0.05, 0) is 12.8 Å². The van der Waals surface area contributed by atoms with E-state index in [1.807, 2.05) is 6.08 Å². The molecule has 1 heterocycles. The van der Waals surface area contributed by atoms with Gasteiger partial charge in [-0.1, -0.05) is 18.9 Å². The minimum absolute atomic E-state index is 0.0833. The van der Waals surface area contributed by atoms with Crippen molar-refractivity contribution in [3.05, 3.63) is 12.3 Å². The summed E-state index contributed by atoms with van der Waals surface area (Å²) in [4.78, 5) is 11.2. The SMILES string of the molecule is O=C1NC=CC12CCCC2. The summed E-state index contributed by atoms with van der Waals surface area (Å²) in [6, 6.07) is 0. The van der Waals surface area contributed by atoms with Crippen LogP contribution in [0.1, 0.15) is 25.7 Å². The third-order valence-electron chi connectivity index (χ3n) is 2.56. The van der Waals surface area contributed by atoms with Crippen LogP contribution in [0.25, 0.3) is 0 Å². The molecule has 0 radical (unpaired) electrons. The summed E-state index contributed by atoms with van der Waals surface area (Å²) in [5.41, 5.74) is -0.0833. The number of amides is 1. The first kappa shape index (κ1) is 5.96. The second-order valence-electron chi connectivity index (χ2n) is 3.17. The predicted octanol–water partition coefficient (Wildman–Crippen LogP) is 1.19. The van der Waals surface area contributed by atoms with E-state index >= 15 is 0 Å².